The van der Waals surface area contributed by atoms with Gasteiger partial charge >= 0.3 is 5.97 Å². The summed E-state index contributed by atoms with van der Waals surface area (Å²) in [5, 5.41) is 14.5. The van der Waals surface area contributed by atoms with Crippen molar-refractivity contribution in [2.24, 2.45) is 0 Å². The molecule has 44 heavy (non-hydrogen) atoms. The average molecular weight is 619 g/mol. The lowest BCUT2D eigenvalue weighted by Crippen LogP contribution is -2.51. The summed E-state index contributed by atoms with van der Waals surface area (Å²) in [6.07, 6.45) is 6.48. The predicted octanol–water partition coefficient (Wildman–Crippen LogP) is 5.88. The first-order valence-electron chi connectivity index (χ1n) is 13.8. The number of hydrogen-bond donors (Lipinski definition) is 3. The first-order chi connectivity index (χ1) is 20.8. The number of nitrogens with zero attached hydrogens (tertiary/aromatic N) is 2. The van der Waals surface area contributed by atoms with Crippen molar-refractivity contribution in [3.8, 4) is 11.4 Å². The molecule has 0 bridgehead atoms. The van der Waals surface area contributed by atoms with Crippen molar-refractivity contribution in [3.05, 3.63) is 105 Å². The Hall–Kier alpha value is -4.77. The van der Waals surface area contributed by atoms with Crippen LogP contribution in [0.4, 0.5) is 8.78 Å². The van der Waals surface area contributed by atoms with Crippen LogP contribution in [0.25, 0.3) is 23.5 Å². The summed E-state index contributed by atoms with van der Waals surface area (Å²) in [7, 11) is 0. The molecule has 0 unspecified atom stereocenters. The third-order valence-electron chi connectivity index (χ3n) is 6.60. The fourth-order valence-corrected chi connectivity index (χ4v) is 5.11. The number of amides is 2. The Morgan fingerprint density at radius 3 is 2.09 bits per heavy atom. The van der Waals surface area contributed by atoms with E-state index in [-0.39, 0.29) is 11.8 Å². The van der Waals surface area contributed by atoms with Crippen LogP contribution in [0.2, 0.25) is 0 Å². The van der Waals surface area contributed by atoms with Crippen LogP contribution in [0.5, 0.6) is 0 Å². The molecule has 2 amide bonds. The number of benzene rings is 2. The third-order valence-corrected chi connectivity index (χ3v) is 8.11. The normalized spacial score (nSPS) is 13.0. The number of carbonyl (C=O) groups excluding carboxylic acids is 2. The van der Waals surface area contributed by atoms with Crippen molar-refractivity contribution in [1.82, 2.24) is 20.6 Å². The zero-order valence-corrected chi connectivity index (χ0v) is 25.4. The van der Waals surface area contributed by atoms with Gasteiger partial charge in [-0.25, -0.2) is 18.7 Å². The summed E-state index contributed by atoms with van der Waals surface area (Å²) in [5.41, 5.74) is 2.29. The highest BCUT2D eigenvalue weighted by Gasteiger charge is 2.26. The predicted molar refractivity (Wildman–Crippen MR) is 166 cm³/mol. The molecule has 2 aromatic carbocycles. The molecule has 0 saturated heterocycles. The maximum Gasteiger partial charge on any atom is 0.325 e. The summed E-state index contributed by atoms with van der Waals surface area (Å²) in [6.45, 7) is 7.49. The second-order valence-corrected chi connectivity index (χ2v) is 12.4. The fraction of sp³-hybridized carbons (Fsp3) is 0.242. The molecule has 4 aromatic rings. The molecule has 0 aliphatic carbocycles. The van der Waals surface area contributed by atoms with E-state index < -0.39 is 41.5 Å². The first-order valence-corrected chi connectivity index (χ1v) is 14.6. The SMILES string of the molecule is C[C@@H](NC(=O)[C@H](Cc1ccc(-c2ncc(/C=C/c3cc(F)cc(F)c3)cn2)cc1)NC(=O)c1ccc(C(C)(C)C)s1)C(=O)O. The maximum atomic E-state index is 13.4. The standard InChI is InChI=1S/C33H32F2N4O4S/c1-19(32(42)43)38-30(40)26(39-31(41)27-11-12-28(44-27)33(2,3)4)15-20-7-9-23(10-8-20)29-36-17-22(18-37-29)6-5-21-13-24(34)16-25(35)14-21/h5-14,16-19,26H,15H2,1-4H3,(H,38,40)(H,39,41)(H,42,43)/b6-5+/t19-,26+/m1/s1. The maximum absolute atomic E-state index is 13.4. The van der Waals surface area contributed by atoms with Crippen LogP contribution >= 0.6 is 11.3 Å². The van der Waals surface area contributed by atoms with E-state index in [4.69, 9.17) is 0 Å². The molecule has 2 aromatic heterocycles. The Labute approximate surface area is 257 Å². The van der Waals surface area contributed by atoms with Gasteiger partial charge in [-0.1, -0.05) is 57.2 Å². The van der Waals surface area contributed by atoms with Crippen LogP contribution in [-0.2, 0) is 21.4 Å². The van der Waals surface area contributed by atoms with Gasteiger partial charge in [-0.2, -0.15) is 0 Å². The summed E-state index contributed by atoms with van der Waals surface area (Å²) in [5.74, 6) is -3.11. The van der Waals surface area contributed by atoms with Gasteiger partial charge in [0, 0.05) is 40.9 Å². The molecule has 0 saturated carbocycles. The van der Waals surface area contributed by atoms with E-state index in [1.807, 2.05) is 26.8 Å². The lowest BCUT2D eigenvalue weighted by Gasteiger charge is -2.20. The van der Waals surface area contributed by atoms with Crippen LogP contribution in [0.3, 0.4) is 0 Å². The quantitative estimate of drug-likeness (QED) is 0.204. The first kappa shape index (κ1) is 32.2. The van der Waals surface area contributed by atoms with E-state index in [2.05, 4.69) is 20.6 Å². The van der Waals surface area contributed by atoms with Gasteiger partial charge in [-0.3, -0.25) is 14.4 Å². The number of thiophene rings is 1. The number of aliphatic carboxylic acids is 1. The molecule has 3 N–H and O–H groups in total. The number of nitrogens with one attached hydrogen (secondary N) is 2. The Kier molecular flexibility index (Phi) is 10.00. The lowest BCUT2D eigenvalue weighted by molar-refractivity contribution is -0.141. The Morgan fingerprint density at radius 2 is 1.52 bits per heavy atom. The third kappa shape index (κ3) is 8.63. The number of carboxylic acid groups (broad SMARTS) is 1. The minimum atomic E-state index is -1.19. The van der Waals surface area contributed by atoms with Crippen LogP contribution in [0.1, 0.15) is 58.9 Å². The van der Waals surface area contributed by atoms with Crippen LogP contribution in [0.15, 0.2) is 67.0 Å². The fourth-order valence-electron chi connectivity index (χ4n) is 4.14. The van der Waals surface area contributed by atoms with Crippen molar-refractivity contribution in [2.75, 3.05) is 0 Å². The summed E-state index contributed by atoms with van der Waals surface area (Å²) in [4.78, 5) is 47.7. The van der Waals surface area contributed by atoms with Gasteiger partial charge in [0.2, 0.25) is 5.91 Å². The molecular weight excluding hydrogens is 586 g/mol. The minimum absolute atomic E-state index is 0.118. The zero-order valence-electron chi connectivity index (χ0n) is 24.6. The Balaban J connectivity index is 1.47. The molecule has 0 radical (unpaired) electrons. The van der Waals surface area contributed by atoms with E-state index in [0.717, 1.165) is 16.5 Å². The minimum Gasteiger partial charge on any atom is -0.480 e. The molecule has 2 heterocycles. The smallest absolute Gasteiger partial charge is 0.325 e. The van der Waals surface area contributed by atoms with Gasteiger partial charge in [0.25, 0.3) is 5.91 Å². The molecule has 11 heteroatoms. The van der Waals surface area contributed by atoms with Gasteiger partial charge in [0.15, 0.2) is 5.82 Å². The highest BCUT2D eigenvalue weighted by molar-refractivity contribution is 7.14. The summed E-state index contributed by atoms with van der Waals surface area (Å²) in [6, 6.07) is 11.8. The van der Waals surface area contributed by atoms with Gasteiger partial charge in [-0.15, -0.1) is 11.3 Å². The topological polar surface area (TPSA) is 121 Å². The number of carbonyl (C=O) groups is 3. The number of carboxylic acids is 1. The molecule has 4 rings (SSSR count). The molecule has 0 fully saturated rings. The molecule has 8 nitrogen and oxygen atoms in total. The van der Waals surface area contributed by atoms with Crippen LogP contribution < -0.4 is 10.6 Å². The summed E-state index contributed by atoms with van der Waals surface area (Å²) < 4.78 is 26.8. The van der Waals surface area contributed by atoms with Gasteiger partial charge in [-0.05, 0) is 47.7 Å². The van der Waals surface area contributed by atoms with Crippen molar-refractivity contribution in [3.63, 3.8) is 0 Å². The van der Waals surface area contributed by atoms with E-state index in [0.29, 0.717) is 27.4 Å². The molecule has 0 aliphatic rings. The summed E-state index contributed by atoms with van der Waals surface area (Å²) >= 11 is 1.34. The van der Waals surface area contributed by atoms with Crippen molar-refractivity contribution < 1.29 is 28.3 Å². The monoisotopic (exact) mass is 618 g/mol. The second-order valence-electron chi connectivity index (χ2n) is 11.3. The zero-order chi connectivity index (χ0) is 32.0. The molecule has 228 valence electrons. The lowest BCUT2D eigenvalue weighted by atomic mass is 9.95. The van der Waals surface area contributed by atoms with E-state index in [1.165, 1.54) is 30.4 Å². The highest BCUT2D eigenvalue weighted by atomic mass is 32.1. The van der Waals surface area contributed by atoms with Gasteiger partial charge in [0.05, 0.1) is 4.88 Å². The van der Waals surface area contributed by atoms with E-state index >= 15 is 0 Å². The van der Waals surface area contributed by atoms with Crippen molar-refractivity contribution >= 4 is 41.3 Å². The largest absolute Gasteiger partial charge is 0.480 e. The number of rotatable bonds is 10. The molecular formula is C33H32F2N4O4S. The van der Waals surface area contributed by atoms with E-state index in [1.54, 1.807) is 54.9 Å². The van der Waals surface area contributed by atoms with Crippen LogP contribution in [0, 0.1) is 11.6 Å². The highest BCUT2D eigenvalue weighted by Crippen LogP contribution is 2.29. The molecule has 0 spiro atoms. The second kappa shape index (κ2) is 13.7. The molecule has 0 aliphatic heterocycles. The average Bonchev–Trinajstić information content (AvgIpc) is 3.47. The van der Waals surface area contributed by atoms with Crippen molar-refractivity contribution in [1.29, 1.82) is 0 Å². The number of aromatic nitrogens is 2. The van der Waals surface area contributed by atoms with E-state index in [9.17, 15) is 28.3 Å². The molecule has 2 atom stereocenters. The van der Waals surface area contributed by atoms with Gasteiger partial charge in [0.1, 0.15) is 23.7 Å². The van der Waals surface area contributed by atoms with Crippen molar-refractivity contribution in [2.45, 2.75) is 51.6 Å². The van der Waals surface area contributed by atoms with Gasteiger partial charge < -0.3 is 15.7 Å². The Bertz CT molecular complexity index is 1660. The Morgan fingerprint density at radius 1 is 0.909 bits per heavy atom. The number of halogens is 2. The van der Waals surface area contributed by atoms with Crippen LogP contribution in [-0.4, -0.2) is 44.9 Å². The number of hydrogen-bond acceptors (Lipinski definition) is 6.